The first-order chi connectivity index (χ1) is 16.2. The largest absolute Gasteiger partial charge is 0.394 e. The van der Waals surface area contributed by atoms with Crippen molar-refractivity contribution in [2.75, 3.05) is 13.2 Å². The first-order valence-electron chi connectivity index (χ1n) is 11.8. The van der Waals surface area contributed by atoms with E-state index in [0.29, 0.717) is 18.4 Å². The summed E-state index contributed by atoms with van der Waals surface area (Å²) in [5, 5.41) is 21.9. The summed E-state index contributed by atoms with van der Waals surface area (Å²) in [5.41, 5.74) is 4.93. The number of nitrogens with zero attached hydrogens (tertiary/aromatic N) is 3. The molecular formula is C28H32N4O. The number of hydrogen-bond acceptors (Lipinski definition) is 4. The smallest absolute Gasteiger partial charge is 0.108 e. The maximum absolute atomic E-state index is 9.82. The minimum absolute atomic E-state index is 0.0436. The molecule has 0 unspecified atom stereocenters. The normalized spacial score (nSPS) is 18.7. The van der Waals surface area contributed by atoms with E-state index in [1.807, 2.05) is 16.8 Å². The van der Waals surface area contributed by atoms with E-state index in [9.17, 15) is 5.11 Å². The van der Waals surface area contributed by atoms with Crippen molar-refractivity contribution in [2.24, 2.45) is 0 Å². The molecule has 0 amide bonds. The molecule has 0 aliphatic heterocycles. The highest BCUT2D eigenvalue weighted by atomic mass is 16.3. The number of aryl methyl sites for hydroxylation is 1. The highest BCUT2D eigenvalue weighted by molar-refractivity contribution is 5.66. The van der Waals surface area contributed by atoms with Gasteiger partial charge >= 0.3 is 0 Å². The summed E-state index contributed by atoms with van der Waals surface area (Å²) >= 11 is 0. The fraction of sp³-hybridized carbons (Fsp3) is 0.357. The van der Waals surface area contributed by atoms with Crippen LogP contribution < -0.4 is 5.32 Å². The molecule has 0 spiro atoms. The van der Waals surface area contributed by atoms with Crippen LogP contribution >= 0.6 is 0 Å². The lowest BCUT2D eigenvalue weighted by molar-refractivity contribution is 0.251. The lowest BCUT2D eigenvalue weighted by Crippen LogP contribution is -2.40. The van der Waals surface area contributed by atoms with Gasteiger partial charge < -0.3 is 15.0 Å². The van der Waals surface area contributed by atoms with E-state index < -0.39 is 0 Å². The molecule has 5 heteroatoms. The number of nitrogens with one attached hydrogen (secondary N) is 1. The fourth-order valence-corrected chi connectivity index (χ4v) is 4.51. The number of hydrogen-bond donors (Lipinski definition) is 2. The van der Waals surface area contributed by atoms with E-state index in [2.05, 4.69) is 77.9 Å². The van der Waals surface area contributed by atoms with E-state index in [0.717, 1.165) is 37.2 Å². The molecular weight excluding hydrogens is 408 g/mol. The van der Waals surface area contributed by atoms with Crippen molar-refractivity contribution in [3.63, 3.8) is 0 Å². The zero-order valence-corrected chi connectivity index (χ0v) is 19.2. The van der Waals surface area contributed by atoms with Gasteiger partial charge in [0.1, 0.15) is 5.82 Å². The van der Waals surface area contributed by atoms with Crippen LogP contribution in [0.5, 0.6) is 0 Å². The van der Waals surface area contributed by atoms with E-state index in [4.69, 9.17) is 5.26 Å². The van der Waals surface area contributed by atoms with E-state index in [1.165, 1.54) is 16.7 Å². The minimum Gasteiger partial charge on any atom is -0.394 e. The lowest BCUT2D eigenvalue weighted by atomic mass is 9.75. The quantitative estimate of drug-likeness (QED) is 0.430. The van der Waals surface area contributed by atoms with Crippen molar-refractivity contribution in [3.05, 3.63) is 84.0 Å². The molecule has 1 atom stereocenters. The second kappa shape index (κ2) is 11.1. The van der Waals surface area contributed by atoms with Crippen molar-refractivity contribution < 1.29 is 5.11 Å². The zero-order chi connectivity index (χ0) is 23.0. The first kappa shape index (κ1) is 23.0. The molecule has 1 aliphatic carbocycles. The van der Waals surface area contributed by atoms with E-state index in [1.54, 1.807) is 6.20 Å². The molecule has 33 heavy (non-hydrogen) atoms. The molecule has 2 aromatic carbocycles. The van der Waals surface area contributed by atoms with E-state index >= 15 is 0 Å². The molecule has 1 aliphatic rings. The Hall–Kier alpha value is -3.20. The number of aliphatic hydroxyl groups excluding tert-OH is 1. The average Bonchev–Trinajstić information content (AvgIpc) is 3.30. The maximum Gasteiger partial charge on any atom is 0.108 e. The molecule has 170 valence electrons. The Bertz CT molecular complexity index is 1090. The van der Waals surface area contributed by atoms with Gasteiger partial charge in [0.25, 0.3) is 0 Å². The second-order valence-electron chi connectivity index (χ2n) is 8.68. The zero-order valence-electron chi connectivity index (χ0n) is 19.2. The molecule has 0 radical (unpaired) electrons. The Morgan fingerprint density at radius 3 is 2.48 bits per heavy atom. The van der Waals surface area contributed by atoms with Crippen LogP contribution in [0.15, 0.2) is 67.0 Å². The van der Waals surface area contributed by atoms with Gasteiger partial charge in [0, 0.05) is 37.8 Å². The van der Waals surface area contributed by atoms with Gasteiger partial charge in [-0.2, -0.15) is 5.26 Å². The van der Waals surface area contributed by atoms with Crippen LogP contribution in [0.4, 0.5) is 0 Å². The number of aliphatic hydroxyl groups is 1. The monoisotopic (exact) mass is 440 g/mol. The van der Waals surface area contributed by atoms with Crippen LogP contribution in [0.3, 0.4) is 0 Å². The molecule has 0 bridgehead atoms. The Morgan fingerprint density at radius 1 is 1.15 bits per heavy atom. The van der Waals surface area contributed by atoms with Gasteiger partial charge in [-0.05, 0) is 41.0 Å². The Balaban J connectivity index is 1.34. The van der Waals surface area contributed by atoms with Gasteiger partial charge in [-0.25, -0.2) is 4.98 Å². The van der Waals surface area contributed by atoms with Crippen LogP contribution in [0, 0.1) is 11.3 Å². The highest BCUT2D eigenvalue weighted by Gasteiger charge is 2.29. The Labute approximate surface area is 196 Å². The predicted molar refractivity (Wildman–Crippen MR) is 133 cm³/mol. The predicted octanol–water partition coefficient (Wildman–Crippen LogP) is 5.11. The molecule has 4 rings (SSSR count). The van der Waals surface area contributed by atoms with Crippen LogP contribution in [0.2, 0.25) is 0 Å². The summed E-state index contributed by atoms with van der Waals surface area (Å²) in [5.74, 6) is 1.60. The SMILES string of the molecule is CCc1nccn1[C@@H](/C=C/c1ccc(-c2ccc(C3CC(NCCC#N)C3)cc2)cc1)CO. The van der Waals surface area contributed by atoms with Crippen molar-refractivity contribution in [3.8, 4) is 17.2 Å². The number of imidazole rings is 1. The van der Waals surface area contributed by atoms with Gasteiger partial charge in [0.05, 0.1) is 18.7 Å². The van der Waals surface area contributed by atoms with Crippen LogP contribution in [0.1, 0.15) is 55.1 Å². The molecule has 1 heterocycles. The van der Waals surface area contributed by atoms with Crippen molar-refractivity contribution in [2.45, 2.75) is 50.6 Å². The molecule has 2 N–H and O–H groups in total. The van der Waals surface area contributed by atoms with Crippen LogP contribution in [0.25, 0.3) is 17.2 Å². The summed E-state index contributed by atoms with van der Waals surface area (Å²) in [7, 11) is 0. The third kappa shape index (κ3) is 5.60. The molecule has 1 fully saturated rings. The Kier molecular flexibility index (Phi) is 7.72. The summed E-state index contributed by atoms with van der Waals surface area (Å²) in [6.07, 6.45) is 11.5. The molecule has 1 aromatic heterocycles. The van der Waals surface area contributed by atoms with Gasteiger partial charge in [-0.3, -0.25) is 0 Å². The van der Waals surface area contributed by atoms with Crippen molar-refractivity contribution in [1.82, 2.24) is 14.9 Å². The average molecular weight is 441 g/mol. The molecule has 0 saturated heterocycles. The van der Waals surface area contributed by atoms with Crippen LogP contribution in [-0.4, -0.2) is 33.9 Å². The van der Waals surface area contributed by atoms with E-state index in [-0.39, 0.29) is 12.6 Å². The lowest BCUT2D eigenvalue weighted by Gasteiger charge is -2.36. The summed E-state index contributed by atoms with van der Waals surface area (Å²) < 4.78 is 2.03. The van der Waals surface area contributed by atoms with Gasteiger partial charge in [0.15, 0.2) is 0 Å². The fourth-order valence-electron chi connectivity index (χ4n) is 4.51. The van der Waals surface area contributed by atoms with Crippen LogP contribution in [-0.2, 0) is 6.42 Å². The third-order valence-corrected chi connectivity index (χ3v) is 6.55. The number of aromatic nitrogens is 2. The molecule has 3 aromatic rings. The summed E-state index contributed by atoms with van der Waals surface area (Å²) in [6.45, 7) is 2.91. The minimum atomic E-state index is -0.109. The second-order valence-corrected chi connectivity index (χ2v) is 8.68. The highest BCUT2D eigenvalue weighted by Crippen LogP contribution is 2.37. The molecule has 5 nitrogen and oxygen atoms in total. The number of benzene rings is 2. The van der Waals surface area contributed by atoms with Gasteiger partial charge in [-0.1, -0.05) is 67.6 Å². The summed E-state index contributed by atoms with van der Waals surface area (Å²) in [4.78, 5) is 4.35. The summed E-state index contributed by atoms with van der Waals surface area (Å²) in [6, 6.07) is 20.1. The molecule has 1 saturated carbocycles. The first-order valence-corrected chi connectivity index (χ1v) is 11.8. The topological polar surface area (TPSA) is 73.9 Å². The standard InChI is InChI=1S/C28H32N4O/c1-2-28-31-16-17-32(28)27(20-33)13-6-21-4-7-22(8-5-21)23-9-11-24(12-10-23)25-18-26(19-25)30-15-3-14-29/h4-13,16-17,25-27,30,33H,2-3,15,18-20H2,1H3/b13-6+/t25?,26?,27-/m0/s1. The maximum atomic E-state index is 9.82. The Morgan fingerprint density at radius 2 is 1.85 bits per heavy atom. The van der Waals surface area contributed by atoms with Crippen molar-refractivity contribution in [1.29, 1.82) is 5.26 Å². The number of rotatable bonds is 10. The third-order valence-electron chi connectivity index (χ3n) is 6.55. The van der Waals surface area contributed by atoms with Gasteiger partial charge in [-0.15, -0.1) is 0 Å². The number of nitriles is 1. The van der Waals surface area contributed by atoms with Crippen molar-refractivity contribution >= 4 is 6.08 Å². The van der Waals surface area contributed by atoms with Gasteiger partial charge in [0.2, 0.25) is 0 Å².